The van der Waals surface area contributed by atoms with Crippen LogP contribution in [0.15, 0.2) is 0 Å². The third-order valence-corrected chi connectivity index (χ3v) is 1.57. The molecule has 1 atom stereocenters. The van der Waals surface area contributed by atoms with E-state index in [4.69, 9.17) is 0 Å². The summed E-state index contributed by atoms with van der Waals surface area (Å²) in [4.78, 5) is 0. The van der Waals surface area contributed by atoms with Crippen LogP contribution in [0.4, 0.5) is 0 Å². The number of hydrogen-bond donors (Lipinski definition) is 0. The maximum Gasteiger partial charge on any atom is 0.0645 e. The topological polar surface area (TPSA) is 17.1 Å². The summed E-state index contributed by atoms with van der Waals surface area (Å²) in [5.41, 5.74) is 0. The Labute approximate surface area is 46.3 Å². The summed E-state index contributed by atoms with van der Waals surface area (Å²) >= 11 is 0. The first-order valence-electron chi connectivity index (χ1n) is 2.85. The number of rotatable bonds is 4. The molecule has 0 amide bonds. The fraction of sp³-hybridized carbons (Fsp3) is 1.00. The molecule has 44 valence electrons. The first-order chi connectivity index (χ1) is 3.41. The van der Waals surface area contributed by atoms with Crippen LogP contribution in [0.5, 0.6) is 0 Å². The zero-order chi connectivity index (χ0) is 5.54. The van der Waals surface area contributed by atoms with Gasteiger partial charge in [-0.3, -0.25) is 0 Å². The van der Waals surface area contributed by atoms with Crippen molar-refractivity contribution in [1.29, 1.82) is 0 Å². The molecule has 0 aromatic rings. The van der Waals surface area contributed by atoms with Crippen LogP contribution in [0, 0.1) is 0 Å². The Morgan fingerprint density at radius 1 is 1.43 bits per heavy atom. The van der Waals surface area contributed by atoms with Crippen LogP contribution in [-0.2, 0) is 4.57 Å². The van der Waals surface area contributed by atoms with E-state index in [1.165, 1.54) is 12.8 Å². The minimum atomic E-state index is -0.469. The van der Waals surface area contributed by atoms with Crippen molar-refractivity contribution < 1.29 is 4.57 Å². The Kier molecular flexibility index (Phi) is 6.43. The molecule has 0 saturated heterocycles. The Morgan fingerprint density at radius 2 is 2.14 bits per heavy atom. The monoisotopic (exact) mass is 120 g/mol. The van der Waals surface area contributed by atoms with Crippen molar-refractivity contribution in [3.63, 3.8) is 0 Å². The molecule has 0 N–H and O–H groups in total. The van der Waals surface area contributed by atoms with Gasteiger partial charge in [0.25, 0.3) is 0 Å². The highest BCUT2D eigenvalue weighted by molar-refractivity contribution is 7.23. The molecule has 0 aliphatic rings. The van der Waals surface area contributed by atoms with E-state index < -0.39 is 8.46 Å². The van der Waals surface area contributed by atoms with Gasteiger partial charge in [-0.15, -0.1) is 0 Å². The van der Waals surface area contributed by atoms with E-state index in [9.17, 15) is 4.57 Å². The molecule has 0 aromatic heterocycles. The van der Waals surface area contributed by atoms with E-state index >= 15 is 0 Å². The second kappa shape index (κ2) is 6.23. The third kappa shape index (κ3) is 6.23. The van der Waals surface area contributed by atoms with Gasteiger partial charge in [-0.25, -0.2) is 0 Å². The Hall–Kier alpha value is 0.230. The molecule has 1 unspecified atom stereocenters. The molecule has 0 fully saturated rings. The lowest BCUT2D eigenvalue weighted by Crippen LogP contribution is -1.71. The summed E-state index contributed by atoms with van der Waals surface area (Å²) in [6.07, 6.45) is 4.60. The van der Waals surface area contributed by atoms with Gasteiger partial charge >= 0.3 is 0 Å². The first kappa shape index (κ1) is 7.23. The van der Waals surface area contributed by atoms with Crippen LogP contribution < -0.4 is 0 Å². The molecule has 0 bridgehead atoms. The van der Waals surface area contributed by atoms with E-state index in [-0.39, 0.29) is 0 Å². The molecule has 0 aliphatic heterocycles. The lowest BCUT2D eigenvalue weighted by atomic mass is 10.3. The molecule has 2 heteroatoms. The van der Waals surface area contributed by atoms with Gasteiger partial charge < -0.3 is 4.57 Å². The zero-order valence-electron chi connectivity index (χ0n) is 4.81. The third-order valence-electron chi connectivity index (χ3n) is 0.926. The van der Waals surface area contributed by atoms with E-state index in [0.717, 1.165) is 12.6 Å². The molecule has 0 aromatic carbocycles. The van der Waals surface area contributed by atoms with Gasteiger partial charge in [0.2, 0.25) is 0 Å². The average molecular weight is 120 g/mol. The van der Waals surface area contributed by atoms with Gasteiger partial charge in [-0.05, 0) is 12.6 Å². The van der Waals surface area contributed by atoms with Gasteiger partial charge in [-0.1, -0.05) is 19.8 Å². The summed E-state index contributed by atoms with van der Waals surface area (Å²) in [5.74, 6) is 0. The summed E-state index contributed by atoms with van der Waals surface area (Å²) in [7, 11) is -0.469. The van der Waals surface area contributed by atoms with Crippen molar-refractivity contribution >= 4 is 8.46 Å². The smallest absolute Gasteiger partial charge is 0.0645 e. The van der Waals surface area contributed by atoms with Gasteiger partial charge in [0, 0.05) is 0 Å². The fourth-order valence-corrected chi connectivity index (χ4v) is 0.933. The molecule has 0 saturated carbocycles. The van der Waals surface area contributed by atoms with Gasteiger partial charge in [0.1, 0.15) is 0 Å². The van der Waals surface area contributed by atoms with Crippen molar-refractivity contribution in [3.8, 4) is 0 Å². The van der Waals surface area contributed by atoms with Crippen LogP contribution >= 0.6 is 8.46 Å². The molecular formula is C5H13OP. The maximum absolute atomic E-state index is 9.89. The van der Waals surface area contributed by atoms with E-state index in [1.807, 2.05) is 0 Å². The Bertz CT molecular complexity index is 45.3. The molecule has 0 heterocycles. The van der Waals surface area contributed by atoms with Crippen LogP contribution in [0.2, 0.25) is 0 Å². The van der Waals surface area contributed by atoms with Gasteiger partial charge in [-0.2, -0.15) is 0 Å². The molecule has 7 heavy (non-hydrogen) atoms. The van der Waals surface area contributed by atoms with Crippen LogP contribution in [-0.4, -0.2) is 6.16 Å². The fourth-order valence-electron chi connectivity index (χ4n) is 0.478. The first-order valence-corrected chi connectivity index (χ1v) is 4.14. The second-order valence-corrected chi connectivity index (χ2v) is 2.57. The van der Waals surface area contributed by atoms with Gasteiger partial charge in [0.15, 0.2) is 0 Å². The van der Waals surface area contributed by atoms with E-state index in [2.05, 4.69) is 6.92 Å². The summed E-state index contributed by atoms with van der Waals surface area (Å²) < 4.78 is 9.89. The predicted molar refractivity (Wildman–Crippen MR) is 34.8 cm³/mol. The number of unbranched alkanes of at least 4 members (excludes halogenated alkanes) is 2. The van der Waals surface area contributed by atoms with Crippen LogP contribution in [0.1, 0.15) is 26.2 Å². The molecule has 0 radical (unpaired) electrons. The standard InChI is InChI=1S/C5H13OP/c1-2-3-4-5-7-6/h2-5,7H2,1H3. The van der Waals surface area contributed by atoms with Crippen molar-refractivity contribution in [2.75, 3.05) is 6.16 Å². The lowest BCUT2D eigenvalue weighted by Gasteiger charge is -1.86. The molecule has 1 nitrogen and oxygen atoms in total. The Balaban J connectivity index is 2.56. The van der Waals surface area contributed by atoms with Crippen molar-refractivity contribution in [1.82, 2.24) is 0 Å². The minimum absolute atomic E-state index is 0.469. The van der Waals surface area contributed by atoms with Crippen LogP contribution in [0.3, 0.4) is 0 Å². The number of hydrogen-bond acceptors (Lipinski definition) is 1. The lowest BCUT2D eigenvalue weighted by molar-refractivity contribution is 0.596. The summed E-state index contributed by atoms with van der Waals surface area (Å²) in [6.45, 7) is 2.15. The highest BCUT2D eigenvalue weighted by atomic mass is 31.1. The van der Waals surface area contributed by atoms with Crippen LogP contribution in [0.25, 0.3) is 0 Å². The van der Waals surface area contributed by atoms with Crippen molar-refractivity contribution in [2.24, 2.45) is 0 Å². The molecular weight excluding hydrogens is 107 g/mol. The predicted octanol–water partition coefficient (Wildman–Crippen LogP) is 1.93. The van der Waals surface area contributed by atoms with E-state index in [1.54, 1.807) is 0 Å². The minimum Gasteiger partial charge on any atom is -0.330 e. The average Bonchev–Trinajstić information content (AvgIpc) is 1.69. The second-order valence-electron chi connectivity index (χ2n) is 1.66. The highest BCUT2D eigenvalue weighted by Crippen LogP contribution is 2.00. The summed E-state index contributed by atoms with van der Waals surface area (Å²) in [5, 5.41) is 0. The zero-order valence-corrected chi connectivity index (χ0v) is 5.97. The SMILES string of the molecule is CCCCC[PH2]=O. The molecule has 0 spiro atoms. The normalized spacial score (nSPS) is 11.0. The van der Waals surface area contributed by atoms with Gasteiger partial charge in [0.05, 0.1) is 8.46 Å². The summed E-state index contributed by atoms with van der Waals surface area (Å²) in [6, 6.07) is 0. The maximum atomic E-state index is 9.89. The quantitative estimate of drug-likeness (QED) is 0.409. The Morgan fingerprint density at radius 3 is 2.57 bits per heavy atom. The van der Waals surface area contributed by atoms with Crippen molar-refractivity contribution in [2.45, 2.75) is 26.2 Å². The highest BCUT2D eigenvalue weighted by Gasteiger charge is 1.79. The molecule has 0 rings (SSSR count). The van der Waals surface area contributed by atoms with E-state index in [0.29, 0.717) is 0 Å². The van der Waals surface area contributed by atoms with Crippen molar-refractivity contribution in [3.05, 3.63) is 0 Å². The largest absolute Gasteiger partial charge is 0.330 e. The molecule has 0 aliphatic carbocycles.